The number of nitriles is 1. The molecule has 23 heavy (non-hydrogen) atoms. The van der Waals surface area contributed by atoms with Crippen LogP contribution in [0.1, 0.15) is 11.7 Å². The molecule has 1 aliphatic rings. The lowest BCUT2D eigenvalue weighted by molar-refractivity contribution is -0.0731. The Morgan fingerprint density at radius 1 is 1.61 bits per heavy atom. The van der Waals surface area contributed by atoms with Crippen LogP contribution in [0.2, 0.25) is 0 Å². The van der Waals surface area contributed by atoms with E-state index in [9.17, 15) is 15.5 Å². The summed E-state index contributed by atoms with van der Waals surface area (Å²) in [5, 5.41) is 34.3. The second-order valence-electron chi connectivity index (χ2n) is 4.97. The standard InChI is InChI=1S/C12H11N7O3S/c13-2-12(3-20)10(21)7(18-19-15)8(22-12)5-1-23-9-6(5)16-4-17-11(9)14/h1,4,7-8,10,20-21H,3H2,(H2,14,16,17)/t7-,8-,10-,12+/m0/s1. The Bertz CT molecular complexity index is 843. The van der Waals surface area contributed by atoms with Gasteiger partial charge in [0.1, 0.15) is 24.3 Å². The number of aliphatic hydroxyl groups is 2. The van der Waals surface area contributed by atoms with Crippen LogP contribution in [0, 0.1) is 11.3 Å². The van der Waals surface area contributed by atoms with Gasteiger partial charge in [-0.15, -0.1) is 11.3 Å². The Kier molecular flexibility index (Phi) is 3.77. The highest BCUT2D eigenvalue weighted by Gasteiger charge is 2.55. The Hall–Kier alpha value is -2.48. The number of anilines is 1. The molecule has 1 saturated heterocycles. The van der Waals surface area contributed by atoms with Crippen molar-refractivity contribution >= 4 is 27.4 Å². The van der Waals surface area contributed by atoms with E-state index in [2.05, 4.69) is 20.0 Å². The van der Waals surface area contributed by atoms with Gasteiger partial charge in [0.2, 0.25) is 5.60 Å². The zero-order chi connectivity index (χ0) is 16.6. The molecule has 0 amide bonds. The van der Waals surface area contributed by atoms with Crippen LogP contribution in [0.15, 0.2) is 16.8 Å². The first-order chi connectivity index (χ1) is 11.1. The third kappa shape index (κ3) is 2.17. The number of aliphatic hydroxyl groups excluding tert-OH is 2. The zero-order valence-electron chi connectivity index (χ0n) is 11.6. The van der Waals surface area contributed by atoms with Crippen LogP contribution in [0.3, 0.4) is 0 Å². The van der Waals surface area contributed by atoms with E-state index in [1.165, 1.54) is 17.7 Å². The topological polar surface area (TPSA) is 174 Å². The minimum Gasteiger partial charge on any atom is -0.392 e. The normalized spacial score (nSPS) is 30.0. The summed E-state index contributed by atoms with van der Waals surface area (Å²) in [6, 6.07) is 0.674. The first-order valence-electron chi connectivity index (χ1n) is 6.47. The number of fused-ring (bicyclic) bond motifs is 1. The van der Waals surface area contributed by atoms with Gasteiger partial charge in [0.05, 0.1) is 29.0 Å². The van der Waals surface area contributed by atoms with Crippen molar-refractivity contribution in [3.63, 3.8) is 0 Å². The molecule has 1 fully saturated rings. The first kappa shape index (κ1) is 15.4. The van der Waals surface area contributed by atoms with Gasteiger partial charge in [-0.25, -0.2) is 9.97 Å². The summed E-state index contributed by atoms with van der Waals surface area (Å²) in [7, 11) is 0. The van der Waals surface area contributed by atoms with Gasteiger partial charge in [0, 0.05) is 10.5 Å². The molecular formula is C12H11N7O3S. The number of aromatic nitrogens is 2. The highest BCUT2D eigenvalue weighted by atomic mass is 32.1. The van der Waals surface area contributed by atoms with Crippen LogP contribution in [0.25, 0.3) is 20.7 Å². The molecule has 2 aromatic rings. The van der Waals surface area contributed by atoms with Gasteiger partial charge in [-0.2, -0.15) is 5.26 Å². The fraction of sp³-hybridized carbons (Fsp3) is 0.417. The summed E-state index contributed by atoms with van der Waals surface area (Å²) < 4.78 is 6.22. The lowest BCUT2D eigenvalue weighted by Crippen LogP contribution is -2.44. The summed E-state index contributed by atoms with van der Waals surface area (Å²) in [6.45, 7) is -0.738. The van der Waals surface area contributed by atoms with E-state index in [0.717, 1.165) is 0 Å². The molecule has 0 bridgehead atoms. The highest BCUT2D eigenvalue weighted by molar-refractivity contribution is 7.17. The minimum atomic E-state index is -1.86. The van der Waals surface area contributed by atoms with Gasteiger partial charge in [-0.3, -0.25) is 0 Å². The maximum atomic E-state index is 10.3. The van der Waals surface area contributed by atoms with Crippen LogP contribution < -0.4 is 5.73 Å². The number of hydrogen-bond donors (Lipinski definition) is 3. The van der Waals surface area contributed by atoms with Gasteiger partial charge in [0.25, 0.3) is 0 Å². The largest absolute Gasteiger partial charge is 0.392 e. The molecular weight excluding hydrogens is 322 g/mol. The van der Waals surface area contributed by atoms with E-state index >= 15 is 0 Å². The number of hydrogen-bond acceptors (Lipinski definition) is 9. The van der Waals surface area contributed by atoms with Gasteiger partial charge >= 0.3 is 0 Å². The minimum absolute atomic E-state index is 0.291. The third-order valence-electron chi connectivity index (χ3n) is 3.77. The van der Waals surface area contributed by atoms with E-state index in [1.54, 1.807) is 11.4 Å². The van der Waals surface area contributed by atoms with Crippen molar-refractivity contribution in [2.24, 2.45) is 5.11 Å². The summed E-state index contributed by atoms with van der Waals surface area (Å²) in [4.78, 5) is 10.7. The van der Waals surface area contributed by atoms with Gasteiger partial charge in [0.15, 0.2) is 0 Å². The average Bonchev–Trinajstić information content (AvgIpc) is 3.10. The van der Waals surface area contributed by atoms with Crippen LogP contribution in [-0.2, 0) is 4.74 Å². The van der Waals surface area contributed by atoms with Crippen molar-refractivity contribution in [1.82, 2.24) is 9.97 Å². The number of nitrogen functional groups attached to an aromatic ring is 1. The number of ether oxygens (including phenoxy) is 1. The van der Waals surface area contributed by atoms with Crippen molar-refractivity contribution in [3.05, 3.63) is 27.7 Å². The fourth-order valence-corrected chi connectivity index (χ4v) is 3.53. The van der Waals surface area contributed by atoms with E-state index in [0.29, 0.717) is 21.6 Å². The molecule has 3 rings (SSSR count). The third-order valence-corrected chi connectivity index (χ3v) is 4.78. The molecule has 10 nitrogen and oxygen atoms in total. The second-order valence-corrected chi connectivity index (χ2v) is 5.85. The summed E-state index contributed by atoms with van der Waals surface area (Å²) in [5.41, 5.74) is 13.7. The lowest BCUT2D eigenvalue weighted by atomic mass is 9.94. The zero-order valence-corrected chi connectivity index (χ0v) is 12.4. The monoisotopic (exact) mass is 333 g/mol. The molecule has 0 saturated carbocycles. The van der Waals surface area contributed by atoms with Crippen LogP contribution in [-0.4, -0.2) is 44.5 Å². The maximum absolute atomic E-state index is 10.3. The molecule has 0 radical (unpaired) electrons. The van der Waals surface area contributed by atoms with Crippen LogP contribution in [0.4, 0.5) is 5.82 Å². The number of rotatable bonds is 3. The van der Waals surface area contributed by atoms with Gasteiger partial charge in [-0.1, -0.05) is 5.11 Å². The second kappa shape index (κ2) is 5.62. The van der Waals surface area contributed by atoms with Crippen molar-refractivity contribution in [1.29, 1.82) is 5.26 Å². The molecule has 0 spiro atoms. The predicted octanol–water partition coefficient (Wildman–Crippen LogP) is 0.639. The SMILES string of the molecule is N#C[C@]1(CO)O[C@@H](c2csc3c(N)ncnc23)[C@H](N=[N+]=[N-])[C@@H]1O. The predicted molar refractivity (Wildman–Crippen MR) is 80.0 cm³/mol. The number of nitrogens with zero attached hydrogens (tertiary/aromatic N) is 6. The van der Waals surface area contributed by atoms with E-state index in [-0.39, 0.29) is 0 Å². The van der Waals surface area contributed by atoms with E-state index in [4.69, 9.17) is 16.0 Å². The van der Waals surface area contributed by atoms with Gasteiger partial charge < -0.3 is 20.7 Å². The summed E-state index contributed by atoms with van der Waals surface area (Å²) in [5.74, 6) is 0.291. The Labute approximate surface area is 133 Å². The molecule has 11 heteroatoms. The molecule has 3 heterocycles. The smallest absolute Gasteiger partial charge is 0.203 e. The van der Waals surface area contributed by atoms with Crippen molar-refractivity contribution in [3.8, 4) is 6.07 Å². The van der Waals surface area contributed by atoms with Crippen molar-refractivity contribution in [2.45, 2.75) is 23.9 Å². The Morgan fingerprint density at radius 3 is 3.04 bits per heavy atom. The van der Waals surface area contributed by atoms with Crippen molar-refractivity contribution in [2.75, 3.05) is 12.3 Å². The quantitative estimate of drug-likeness (QED) is 0.419. The van der Waals surface area contributed by atoms with Crippen LogP contribution >= 0.6 is 11.3 Å². The molecule has 0 aliphatic carbocycles. The lowest BCUT2D eigenvalue weighted by Gasteiger charge is -2.21. The number of azide groups is 1. The Balaban J connectivity index is 2.15. The average molecular weight is 333 g/mol. The van der Waals surface area contributed by atoms with Gasteiger partial charge in [-0.05, 0) is 10.9 Å². The summed E-state index contributed by atoms with van der Waals surface area (Å²) in [6.07, 6.45) is -1.13. The molecule has 1 aliphatic heterocycles. The summed E-state index contributed by atoms with van der Waals surface area (Å²) >= 11 is 1.27. The van der Waals surface area contributed by atoms with Crippen LogP contribution in [0.5, 0.6) is 0 Å². The maximum Gasteiger partial charge on any atom is 0.203 e. The Morgan fingerprint density at radius 2 is 2.39 bits per heavy atom. The first-order valence-corrected chi connectivity index (χ1v) is 7.35. The van der Waals surface area contributed by atoms with E-state index < -0.39 is 30.5 Å². The molecule has 0 unspecified atom stereocenters. The molecule has 118 valence electrons. The number of thiophene rings is 1. The highest BCUT2D eigenvalue weighted by Crippen LogP contribution is 2.45. The molecule has 0 aromatic carbocycles. The fourth-order valence-electron chi connectivity index (χ4n) is 2.59. The van der Waals surface area contributed by atoms with E-state index in [1.807, 2.05) is 0 Å². The molecule has 4 N–H and O–H groups in total. The van der Waals surface area contributed by atoms with Crippen molar-refractivity contribution < 1.29 is 14.9 Å². The molecule has 4 atom stereocenters. The molecule has 2 aromatic heterocycles. The number of nitrogens with two attached hydrogens (primary N) is 1.